The van der Waals surface area contributed by atoms with E-state index in [1.165, 1.54) is 4.31 Å². The summed E-state index contributed by atoms with van der Waals surface area (Å²) in [5, 5.41) is 3.00. The maximum atomic E-state index is 12.1. The van der Waals surface area contributed by atoms with Gasteiger partial charge in [0.2, 0.25) is 10.0 Å². The van der Waals surface area contributed by atoms with Crippen LogP contribution in [0.3, 0.4) is 0 Å². The molecule has 1 heterocycles. The van der Waals surface area contributed by atoms with Crippen LogP contribution >= 0.6 is 0 Å². The van der Waals surface area contributed by atoms with Crippen molar-refractivity contribution in [2.75, 3.05) is 45.6 Å². The minimum atomic E-state index is -3.23. The van der Waals surface area contributed by atoms with Crippen LogP contribution in [0.25, 0.3) is 0 Å². The van der Waals surface area contributed by atoms with Gasteiger partial charge in [-0.1, -0.05) is 0 Å². The van der Waals surface area contributed by atoms with Crippen LogP contribution in [0.1, 0.15) is 13.8 Å². The number of ether oxygens (including phenoxy) is 2. The molecule has 1 saturated heterocycles. The van der Waals surface area contributed by atoms with Gasteiger partial charge in [-0.25, -0.2) is 8.42 Å². The molecule has 0 aromatic rings. The minimum Gasteiger partial charge on any atom is -0.378 e. The van der Waals surface area contributed by atoms with Gasteiger partial charge in [0.05, 0.1) is 31.2 Å². The summed E-state index contributed by atoms with van der Waals surface area (Å²) in [6, 6.07) is 0. The molecule has 0 spiro atoms. The highest BCUT2D eigenvalue weighted by Crippen LogP contribution is 2.10. The number of sulfonamides is 1. The number of nitrogens with one attached hydrogen (secondary N) is 1. The molecular weight excluding hydrogens is 256 g/mol. The molecular formula is C11H24N2O4S. The van der Waals surface area contributed by atoms with Gasteiger partial charge in [-0.2, -0.15) is 4.31 Å². The van der Waals surface area contributed by atoms with E-state index in [0.29, 0.717) is 26.2 Å². The van der Waals surface area contributed by atoms with Gasteiger partial charge < -0.3 is 14.8 Å². The van der Waals surface area contributed by atoms with Gasteiger partial charge in [-0.05, 0) is 20.9 Å². The van der Waals surface area contributed by atoms with Crippen LogP contribution in [-0.4, -0.2) is 70.6 Å². The van der Waals surface area contributed by atoms with E-state index in [2.05, 4.69) is 5.32 Å². The predicted molar refractivity (Wildman–Crippen MR) is 70.1 cm³/mol. The van der Waals surface area contributed by atoms with Gasteiger partial charge in [0.15, 0.2) is 0 Å². The van der Waals surface area contributed by atoms with Crippen LogP contribution in [0.15, 0.2) is 0 Å². The van der Waals surface area contributed by atoms with E-state index < -0.39 is 10.0 Å². The molecule has 1 fully saturated rings. The fourth-order valence-electron chi connectivity index (χ4n) is 1.81. The zero-order chi connectivity index (χ0) is 13.6. The monoisotopic (exact) mass is 280 g/mol. The summed E-state index contributed by atoms with van der Waals surface area (Å²) < 4.78 is 36.5. The average Bonchev–Trinajstić information content (AvgIpc) is 2.29. The van der Waals surface area contributed by atoms with Gasteiger partial charge in [0.1, 0.15) is 0 Å². The highest BCUT2D eigenvalue weighted by atomic mass is 32.2. The highest BCUT2D eigenvalue weighted by Gasteiger charge is 2.28. The van der Waals surface area contributed by atoms with Gasteiger partial charge >= 0.3 is 0 Å². The molecule has 0 amide bonds. The van der Waals surface area contributed by atoms with E-state index in [0.717, 1.165) is 0 Å². The van der Waals surface area contributed by atoms with Crippen molar-refractivity contribution in [3.8, 4) is 0 Å². The molecule has 1 aliphatic rings. The van der Waals surface area contributed by atoms with Crippen LogP contribution in [-0.2, 0) is 19.5 Å². The molecule has 0 aliphatic carbocycles. The van der Waals surface area contributed by atoms with E-state index in [9.17, 15) is 8.42 Å². The summed E-state index contributed by atoms with van der Waals surface area (Å²) >= 11 is 0. The molecule has 0 bridgehead atoms. The predicted octanol–water partition coefficient (Wildman–Crippen LogP) is -0.339. The average molecular weight is 280 g/mol. The first-order chi connectivity index (χ1) is 8.45. The number of hydrogen-bond donors (Lipinski definition) is 1. The quantitative estimate of drug-likeness (QED) is 0.691. The van der Waals surface area contributed by atoms with E-state index in [4.69, 9.17) is 9.47 Å². The van der Waals surface area contributed by atoms with E-state index >= 15 is 0 Å². The van der Waals surface area contributed by atoms with E-state index in [1.54, 1.807) is 0 Å². The molecule has 6 nitrogen and oxygen atoms in total. The molecule has 0 aromatic heterocycles. The summed E-state index contributed by atoms with van der Waals surface area (Å²) in [5.41, 5.74) is 0. The molecule has 7 heteroatoms. The van der Waals surface area contributed by atoms with E-state index in [-0.39, 0.29) is 24.6 Å². The lowest BCUT2D eigenvalue weighted by Gasteiger charge is -2.32. The van der Waals surface area contributed by atoms with Crippen molar-refractivity contribution in [1.82, 2.24) is 9.62 Å². The number of nitrogens with zero attached hydrogens (tertiary/aromatic N) is 1. The second-order valence-electron chi connectivity index (χ2n) is 4.64. The van der Waals surface area contributed by atoms with Crippen LogP contribution in [0.2, 0.25) is 0 Å². The van der Waals surface area contributed by atoms with Crippen molar-refractivity contribution >= 4 is 10.0 Å². The highest BCUT2D eigenvalue weighted by molar-refractivity contribution is 7.89. The lowest BCUT2D eigenvalue weighted by atomic mass is 10.3. The van der Waals surface area contributed by atoms with Crippen molar-refractivity contribution in [3.05, 3.63) is 0 Å². The third kappa shape index (κ3) is 5.19. The minimum absolute atomic E-state index is 0.0391. The fourth-order valence-corrected chi connectivity index (χ4v) is 3.13. The maximum Gasteiger partial charge on any atom is 0.216 e. The summed E-state index contributed by atoms with van der Waals surface area (Å²) in [5.74, 6) is 0.0391. The third-order valence-electron chi connectivity index (χ3n) is 2.72. The Labute approximate surface area is 110 Å². The zero-order valence-corrected chi connectivity index (χ0v) is 12.2. The Balaban J connectivity index is 2.45. The number of hydrogen-bond acceptors (Lipinski definition) is 5. The lowest BCUT2D eigenvalue weighted by Crippen LogP contribution is -2.49. The molecule has 0 aromatic carbocycles. The third-order valence-corrected chi connectivity index (χ3v) is 4.52. The first-order valence-electron chi connectivity index (χ1n) is 6.31. The Morgan fingerprint density at radius 2 is 2.22 bits per heavy atom. The van der Waals surface area contributed by atoms with Gasteiger partial charge in [-0.3, -0.25) is 0 Å². The normalized spacial score (nSPS) is 22.6. The molecule has 1 N–H and O–H groups in total. The second kappa shape index (κ2) is 7.40. The van der Waals surface area contributed by atoms with Gasteiger partial charge in [0.25, 0.3) is 0 Å². The Kier molecular flexibility index (Phi) is 6.51. The summed E-state index contributed by atoms with van der Waals surface area (Å²) in [4.78, 5) is 0. The Morgan fingerprint density at radius 3 is 2.83 bits per heavy atom. The smallest absolute Gasteiger partial charge is 0.216 e. The number of morpholine rings is 1. The molecule has 1 rings (SSSR count). The first-order valence-corrected chi connectivity index (χ1v) is 7.92. The Hall–Kier alpha value is -0.210. The second-order valence-corrected chi connectivity index (χ2v) is 6.73. The largest absolute Gasteiger partial charge is 0.378 e. The summed E-state index contributed by atoms with van der Waals surface area (Å²) in [6.07, 6.45) is -0.00790. The molecule has 1 atom stereocenters. The van der Waals surface area contributed by atoms with Crippen LogP contribution in [0, 0.1) is 0 Å². The Morgan fingerprint density at radius 1 is 1.50 bits per heavy atom. The molecule has 0 radical (unpaired) electrons. The number of rotatable bonds is 7. The molecule has 0 saturated carbocycles. The molecule has 18 heavy (non-hydrogen) atoms. The maximum absolute atomic E-state index is 12.1. The van der Waals surface area contributed by atoms with Crippen molar-refractivity contribution in [3.63, 3.8) is 0 Å². The van der Waals surface area contributed by atoms with Crippen LogP contribution < -0.4 is 5.32 Å². The summed E-state index contributed by atoms with van der Waals surface area (Å²) in [7, 11) is -1.40. The van der Waals surface area contributed by atoms with Gasteiger partial charge in [0, 0.05) is 19.6 Å². The van der Waals surface area contributed by atoms with Crippen LogP contribution in [0.4, 0.5) is 0 Å². The fraction of sp³-hybridized carbons (Fsp3) is 1.00. The number of likely N-dealkylation sites (N-methyl/N-ethyl adjacent to an activating group) is 1. The van der Waals surface area contributed by atoms with Crippen LogP contribution in [0.5, 0.6) is 0 Å². The molecule has 1 aliphatic heterocycles. The van der Waals surface area contributed by atoms with Crippen molar-refractivity contribution in [2.45, 2.75) is 26.1 Å². The first kappa shape index (κ1) is 15.8. The summed E-state index contributed by atoms with van der Waals surface area (Å²) in [6.45, 7) is 6.00. The van der Waals surface area contributed by atoms with E-state index in [1.807, 2.05) is 20.9 Å². The lowest BCUT2D eigenvalue weighted by molar-refractivity contribution is 0.000469. The standard InChI is InChI=1S/C11H24N2O4S/c1-10(2)16-6-7-18(14,15)13-4-5-17-11(9-13)8-12-3/h10-12H,4-9H2,1-3H3. The van der Waals surface area contributed by atoms with Crippen molar-refractivity contribution < 1.29 is 17.9 Å². The topological polar surface area (TPSA) is 67.9 Å². The Bertz CT molecular complexity index is 330. The van der Waals surface area contributed by atoms with Crippen molar-refractivity contribution in [2.24, 2.45) is 0 Å². The van der Waals surface area contributed by atoms with Gasteiger partial charge in [-0.15, -0.1) is 0 Å². The SMILES string of the molecule is CNCC1CN(S(=O)(=O)CCOC(C)C)CCO1. The van der Waals surface area contributed by atoms with Crippen molar-refractivity contribution in [1.29, 1.82) is 0 Å². The molecule has 1 unspecified atom stereocenters. The zero-order valence-electron chi connectivity index (χ0n) is 11.4. The molecule has 108 valence electrons.